The van der Waals surface area contributed by atoms with Crippen molar-refractivity contribution in [1.29, 1.82) is 0 Å². The van der Waals surface area contributed by atoms with Crippen LogP contribution in [0, 0.1) is 11.6 Å². The first-order valence-electron chi connectivity index (χ1n) is 5.16. The molecule has 0 aliphatic rings. The summed E-state index contributed by atoms with van der Waals surface area (Å²) in [6.45, 7) is 2.10. The van der Waals surface area contributed by atoms with Gasteiger partial charge in [0.2, 0.25) is 0 Å². The van der Waals surface area contributed by atoms with Crippen LogP contribution in [0.15, 0.2) is 18.2 Å². The molecule has 0 radical (unpaired) electrons. The highest BCUT2D eigenvalue weighted by atomic mass is 19.1. The maximum Gasteiger partial charge on any atom is 0.149 e. The second-order valence-electron chi connectivity index (χ2n) is 3.82. The first-order chi connectivity index (χ1) is 7.50. The van der Waals surface area contributed by atoms with Gasteiger partial charge >= 0.3 is 0 Å². The average Bonchev–Trinajstić information content (AvgIpc) is 2.16. The number of hydrogen-bond acceptors (Lipinski definition) is 2. The van der Waals surface area contributed by atoms with E-state index in [-0.39, 0.29) is 5.78 Å². The highest BCUT2D eigenvalue weighted by Gasteiger charge is 2.08. The Labute approximate surface area is 93.9 Å². The SMILES string of the molecule is CC(=O)CCCN(C)c1ccc(F)cc1F. The van der Waals surface area contributed by atoms with Crippen LogP contribution in [0.25, 0.3) is 0 Å². The van der Waals surface area contributed by atoms with E-state index < -0.39 is 11.6 Å². The molecule has 0 aliphatic carbocycles. The van der Waals surface area contributed by atoms with Gasteiger partial charge in [-0.15, -0.1) is 0 Å². The number of carbonyl (C=O) groups is 1. The lowest BCUT2D eigenvalue weighted by Crippen LogP contribution is -2.20. The number of halogens is 2. The van der Waals surface area contributed by atoms with Crippen molar-refractivity contribution < 1.29 is 13.6 Å². The topological polar surface area (TPSA) is 20.3 Å². The van der Waals surface area contributed by atoms with Gasteiger partial charge in [-0.05, 0) is 25.5 Å². The summed E-state index contributed by atoms with van der Waals surface area (Å²) in [6.07, 6.45) is 1.15. The lowest BCUT2D eigenvalue weighted by molar-refractivity contribution is -0.117. The van der Waals surface area contributed by atoms with Crippen LogP contribution in [0.1, 0.15) is 19.8 Å². The Morgan fingerprint density at radius 1 is 1.38 bits per heavy atom. The molecule has 2 nitrogen and oxygen atoms in total. The number of hydrogen-bond donors (Lipinski definition) is 0. The van der Waals surface area contributed by atoms with Gasteiger partial charge in [-0.25, -0.2) is 8.78 Å². The fourth-order valence-corrected chi connectivity index (χ4v) is 1.48. The number of benzene rings is 1. The Kier molecular flexibility index (Phi) is 4.40. The Morgan fingerprint density at radius 2 is 2.06 bits per heavy atom. The summed E-state index contributed by atoms with van der Waals surface area (Å²) in [4.78, 5) is 12.4. The van der Waals surface area contributed by atoms with Gasteiger partial charge in [0.25, 0.3) is 0 Å². The van der Waals surface area contributed by atoms with Crippen molar-refractivity contribution in [3.63, 3.8) is 0 Å². The molecule has 0 atom stereocenters. The van der Waals surface area contributed by atoms with E-state index in [9.17, 15) is 13.6 Å². The van der Waals surface area contributed by atoms with Gasteiger partial charge in [0.1, 0.15) is 17.4 Å². The Hall–Kier alpha value is -1.45. The van der Waals surface area contributed by atoms with E-state index in [0.717, 1.165) is 6.07 Å². The number of carbonyl (C=O) groups excluding carboxylic acids is 1. The van der Waals surface area contributed by atoms with Crippen LogP contribution in [0.5, 0.6) is 0 Å². The molecule has 0 bridgehead atoms. The minimum atomic E-state index is -0.585. The standard InChI is InChI=1S/C12H15F2NO/c1-9(16)4-3-7-15(2)12-6-5-10(13)8-11(12)14/h5-6,8H,3-4,7H2,1-2H3. The highest BCUT2D eigenvalue weighted by molar-refractivity contribution is 5.75. The van der Waals surface area contributed by atoms with Crippen LogP contribution >= 0.6 is 0 Å². The molecule has 0 aliphatic heterocycles. The molecule has 4 heteroatoms. The smallest absolute Gasteiger partial charge is 0.149 e. The molecule has 0 N–H and O–H groups in total. The number of anilines is 1. The number of ketones is 1. The van der Waals surface area contributed by atoms with Crippen molar-refractivity contribution in [1.82, 2.24) is 0 Å². The van der Waals surface area contributed by atoms with Crippen molar-refractivity contribution in [2.45, 2.75) is 19.8 Å². The van der Waals surface area contributed by atoms with E-state index in [1.165, 1.54) is 19.1 Å². The summed E-state index contributed by atoms with van der Waals surface area (Å²) in [5.41, 5.74) is 0.352. The van der Waals surface area contributed by atoms with E-state index in [0.29, 0.717) is 25.1 Å². The molecule has 16 heavy (non-hydrogen) atoms. The maximum atomic E-state index is 13.3. The molecule has 88 valence electrons. The first-order valence-corrected chi connectivity index (χ1v) is 5.16. The summed E-state index contributed by atoms with van der Waals surface area (Å²) >= 11 is 0. The zero-order valence-electron chi connectivity index (χ0n) is 9.46. The molecule has 0 saturated carbocycles. The molecular formula is C12H15F2NO. The van der Waals surface area contributed by atoms with Crippen LogP contribution < -0.4 is 4.90 Å². The van der Waals surface area contributed by atoms with Crippen LogP contribution in [0.3, 0.4) is 0 Å². The van der Waals surface area contributed by atoms with Gasteiger partial charge < -0.3 is 9.69 Å². The normalized spacial score (nSPS) is 10.2. The summed E-state index contributed by atoms with van der Waals surface area (Å²) in [7, 11) is 1.72. The monoisotopic (exact) mass is 227 g/mol. The van der Waals surface area contributed by atoms with Gasteiger partial charge in [0.05, 0.1) is 5.69 Å². The van der Waals surface area contributed by atoms with Crippen molar-refractivity contribution in [2.75, 3.05) is 18.5 Å². The highest BCUT2D eigenvalue weighted by Crippen LogP contribution is 2.19. The van der Waals surface area contributed by atoms with Gasteiger partial charge in [0, 0.05) is 26.1 Å². The maximum absolute atomic E-state index is 13.3. The predicted molar refractivity (Wildman–Crippen MR) is 59.5 cm³/mol. The van der Waals surface area contributed by atoms with Gasteiger partial charge in [-0.2, -0.15) is 0 Å². The van der Waals surface area contributed by atoms with Crippen LogP contribution in [-0.4, -0.2) is 19.4 Å². The van der Waals surface area contributed by atoms with E-state index in [1.54, 1.807) is 11.9 Å². The summed E-state index contributed by atoms with van der Waals surface area (Å²) < 4.78 is 26.0. The Bertz CT molecular complexity index is 379. The lowest BCUT2D eigenvalue weighted by atomic mass is 10.2. The van der Waals surface area contributed by atoms with Crippen LogP contribution in [0.4, 0.5) is 14.5 Å². The molecule has 0 aromatic heterocycles. The van der Waals surface area contributed by atoms with Crippen molar-refractivity contribution in [3.8, 4) is 0 Å². The Balaban J connectivity index is 2.58. The summed E-state index contributed by atoms with van der Waals surface area (Å²) in [6, 6.07) is 3.48. The fraction of sp³-hybridized carbons (Fsp3) is 0.417. The number of Topliss-reactive ketones (excluding diaryl/α,β-unsaturated/α-hetero) is 1. The molecule has 0 saturated heterocycles. The third kappa shape index (κ3) is 3.61. The quantitative estimate of drug-likeness (QED) is 0.771. The van der Waals surface area contributed by atoms with Gasteiger partial charge in [0.15, 0.2) is 0 Å². The molecule has 0 amide bonds. The van der Waals surface area contributed by atoms with Gasteiger partial charge in [-0.1, -0.05) is 0 Å². The van der Waals surface area contributed by atoms with E-state index in [4.69, 9.17) is 0 Å². The predicted octanol–water partition coefficient (Wildman–Crippen LogP) is 2.77. The first kappa shape index (κ1) is 12.6. The second kappa shape index (κ2) is 5.58. The molecule has 0 spiro atoms. The molecule has 1 rings (SSSR count). The van der Waals surface area contributed by atoms with Crippen molar-refractivity contribution in [2.24, 2.45) is 0 Å². The van der Waals surface area contributed by atoms with Gasteiger partial charge in [-0.3, -0.25) is 0 Å². The van der Waals surface area contributed by atoms with E-state index >= 15 is 0 Å². The fourth-order valence-electron chi connectivity index (χ4n) is 1.48. The summed E-state index contributed by atoms with van der Waals surface area (Å²) in [5, 5.41) is 0. The summed E-state index contributed by atoms with van der Waals surface area (Å²) in [5.74, 6) is -1.04. The number of rotatable bonds is 5. The van der Waals surface area contributed by atoms with Crippen molar-refractivity contribution in [3.05, 3.63) is 29.8 Å². The zero-order valence-corrected chi connectivity index (χ0v) is 9.46. The third-order valence-electron chi connectivity index (χ3n) is 2.34. The zero-order chi connectivity index (χ0) is 12.1. The average molecular weight is 227 g/mol. The molecular weight excluding hydrogens is 212 g/mol. The van der Waals surface area contributed by atoms with E-state index in [2.05, 4.69) is 0 Å². The minimum absolute atomic E-state index is 0.118. The lowest BCUT2D eigenvalue weighted by Gasteiger charge is -2.19. The largest absolute Gasteiger partial charge is 0.372 e. The number of nitrogens with zero attached hydrogens (tertiary/aromatic N) is 1. The van der Waals surface area contributed by atoms with E-state index in [1.807, 2.05) is 0 Å². The molecule has 1 aromatic carbocycles. The molecule has 1 aromatic rings. The molecule has 0 fully saturated rings. The third-order valence-corrected chi connectivity index (χ3v) is 2.34. The van der Waals surface area contributed by atoms with Crippen LogP contribution in [0.2, 0.25) is 0 Å². The second-order valence-corrected chi connectivity index (χ2v) is 3.82. The molecule has 0 heterocycles. The Morgan fingerprint density at radius 3 is 2.62 bits per heavy atom. The minimum Gasteiger partial charge on any atom is -0.372 e. The van der Waals surface area contributed by atoms with Crippen molar-refractivity contribution >= 4 is 11.5 Å². The molecule has 0 unspecified atom stereocenters. The van der Waals surface area contributed by atoms with Crippen LogP contribution in [-0.2, 0) is 4.79 Å².